The van der Waals surface area contributed by atoms with Crippen molar-refractivity contribution in [1.82, 2.24) is 15.0 Å². The molecule has 0 spiro atoms. The van der Waals surface area contributed by atoms with Gasteiger partial charge in [0.15, 0.2) is 17.5 Å². The average Bonchev–Trinajstić information content (AvgIpc) is 3.28. The fourth-order valence-corrected chi connectivity index (χ4v) is 6.95. The van der Waals surface area contributed by atoms with E-state index in [9.17, 15) is 0 Å². The van der Waals surface area contributed by atoms with Gasteiger partial charge in [-0.05, 0) is 89.6 Å². The predicted molar refractivity (Wildman–Crippen MR) is 217 cm³/mol. The van der Waals surface area contributed by atoms with Crippen molar-refractivity contribution in [3.8, 4) is 56.4 Å². The van der Waals surface area contributed by atoms with Gasteiger partial charge in [0.25, 0.3) is 0 Å². The van der Waals surface area contributed by atoms with Crippen molar-refractivity contribution in [3.05, 3.63) is 188 Å². The summed E-state index contributed by atoms with van der Waals surface area (Å²) >= 11 is 0. The Morgan fingerprint density at radius 1 is 0.308 bits per heavy atom. The first kappa shape index (κ1) is 23.4. The van der Waals surface area contributed by atoms with Crippen molar-refractivity contribution in [1.29, 1.82) is 0 Å². The summed E-state index contributed by atoms with van der Waals surface area (Å²) in [7, 11) is 0. The molecule has 52 heavy (non-hydrogen) atoms. The van der Waals surface area contributed by atoms with E-state index in [0.29, 0.717) is 11.1 Å². The van der Waals surface area contributed by atoms with Crippen molar-refractivity contribution in [3.63, 3.8) is 0 Å². The minimum atomic E-state index is -0.526. The summed E-state index contributed by atoms with van der Waals surface area (Å²) < 4.78 is 60.9. The molecule has 0 unspecified atom stereocenters. The zero-order valence-electron chi connectivity index (χ0n) is 34.7. The van der Waals surface area contributed by atoms with Gasteiger partial charge in [0.05, 0.1) is 9.60 Å². The second kappa shape index (κ2) is 12.4. The Labute approximate surface area is 311 Å². The molecule has 0 saturated carbocycles. The third-order valence-corrected chi connectivity index (χ3v) is 9.58. The average molecular weight is 669 g/mol. The van der Waals surface area contributed by atoms with Crippen LogP contribution in [0.3, 0.4) is 0 Å². The van der Waals surface area contributed by atoms with Crippen molar-refractivity contribution < 1.29 is 9.60 Å². The molecule has 242 valence electrons. The van der Waals surface area contributed by atoms with Crippen LogP contribution in [0.5, 0.6) is 0 Å². The highest BCUT2D eigenvalue weighted by molar-refractivity contribution is 6.08. The van der Waals surface area contributed by atoms with Crippen LogP contribution in [0.15, 0.2) is 188 Å². The molecule has 0 N–H and O–H groups in total. The first-order chi connectivity index (χ1) is 28.6. The monoisotopic (exact) mass is 668 g/mol. The maximum absolute atomic E-state index is 9.10. The van der Waals surface area contributed by atoms with E-state index in [1.165, 1.54) is 0 Å². The van der Waals surface area contributed by atoms with E-state index in [1.54, 1.807) is 0 Å². The number of fused-ring (bicyclic) bond motifs is 5. The highest BCUT2D eigenvalue weighted by Gasteiger charge is 2.16. The molecule has 10 rings (SSSR count). The van der Waals surface area contributed by atoms with Crippen molar-refractivity contribution in [2.24, 2.45) is 0 Å². The lowest BCUT2D eigenvalue weighted by Gasteiger charge is -2.12. The summed E-state index contributed by atoms with van der Waals surface area (Å²) in [6, 6.07) is 45.8. The molecule has 0 saturated heterocycles. The van der Waals surface area contributed by atoms with Gasteiger partial charge in [-0.15, -0.1) is 0 Å². The van der Waals surface area contributed by atoms with Crippen molar-refractivity contribution in [2.45, 2.75) is 0 Å². The molecule has 0 aliphatic rings. The van der Waals surface area contributed by atoms with Gasteiger partial charge in [-0.2, -0.15) is 0 Å². The normalized spacial score (nSPS) is 13.3. The molecule has 3 heteroatoms. The van der Waals surface area contributed by atoms with Gasteiger partial charge < -0.3 is 0 Å². The minimum absolute atomic E-state index is 0.0394. The van der Waals surface area contributed by atoms with Crippen molar-refractivity contribution >= 4 is 43.1 Å². The van der Waals surface area contributed by atoms with Gasteiger partial charge in [-0.3, -0.25) is 0 Å². The number of rotatable bonds is 5. The number of hydrogen-bond acceptors (Lipinski definition) is 3. The molecule has 0 atom stereocenters. The second-order valence-corrected chi connectivity index (χ2v) is 12.8. The Morgan fingerprint density at radius 2 is 0.865 bits per heavy atom. The predicted octanol–water partition coefficient (Wildman–Crippen LogP) is 12.8. The Balaban J connectivity index is 1.17. The lowest BCUT2D eigenvalue weighted by atomic mass is 9.97. The van der Waals surface area contributed by atoms with Gasteiger partial charge >= 0.3 is 0 Å². The third kappa shape index (κ3) is 5.37. The number of nitrogens with zero attached hydrogens (tertiary/aromatic N) is 3. The van der Waals surface area contributed by atoms with Gasteiger partial charge in [0, 0.05) is 16.7 Å². The van der Waals surface area contributed by atoms with Gasteiger partial charge in [-0.25, -0.2) is 15.0 Å². The molecule has 0 amide bonds. The molecule has 0 aliphatic heterocycles. The SMILES string of the molecule is [2H]c1c([2H])c([2H])c2c(-c3nc(-c4cccc(-c5ccc6cc(-c7ccccc7)ccc6c5)c4)nc(-c4ccc5c(ccc6ccccc65)c4)n3)c([2H])c([2H])c([2H])c2c1[2H]. The summed E-state index contributed by atoms with van der Waals surface area (Å²) in [5, 5.41) is 6.19. The maximum atomic E-state index is 9.10. The standard InChI is InChI=1S/C49H31N3/c1-2-10-32(11-3-1)36-21-22-39-29-37(23-24-38(39)28-36)35-15-8-16-41(30-35)47-50-48(52-49(51-47)46-19-9-14-33-12-4-7-18-44(33)46)42-26-27-45-40(31-42)25-20-34-13-5-6-17-43(34)45/h1-31H/i4D,7D,9D,12D,14D,18D,19D. The Morgan fingerprint density at radius 3 is 1.71 bits per heavy atom. The molecular weight excluding hydrogens is 631 g/mol. The summed E-state index contributed by atoms with van der Waals surface area (Å²) in [5.41, 5.74) is 5.46. The van der Waals surface area contributed by atoms with Crippen molar-refractivity contribution in [2.75, 3.05) is 0 Å². The smallest absolute Gasteiger partial charge is 0.164 e. The van der Waals surface area contributed by atoms with E-state index >= 15 is 0 Å². The van der Waals surface area contributed by atoms with E-state index in [2.05, 4.69) is 66.7 Å². The van der Waals surface area contributed by atoms with E-state index in [4.69, 9.17) is 24.5 Å². The van der Waals surface area contributed by atoms with E-state index in [-0.39, 0.29) is 33.8 Å². The van der Waals surface area contributed by atoms with Crippen LogP contribution in [0.2, 0.25) is 0 Å². The van der Waals surface area contributed by atoms with Crippen LogP contribution in [0.1, 0.15) is 9.60 Å². The summed E-state index contributed by atoms with van der Waals surface area (Å²) in [5.74, 6) is 0.510. The Kier molecular flexibility index (Phi) is 5.60. The summed E-state index contributed by atoms with van der Waals surface area (Å²) in [6.07, 6.45) is 0. The van der Waals surface area contributed by atoms with Crippen LogP contribution in [0.25, 0.3) is 99.5 Å². The first-order valence-corrected chi connectivity index (χ1v) is 17.0. The van der Waals surface area contributed by atoms with Gasteiger partial charge in [0.1, 0.15) is 0 Å². The highest BCUT2D eigenvalue weighted by atomic mass is 15.0. The molecule has 9 aromatic carbocycles. The molecule has 1 aromatic heterocycles. The van der Waals surface area contributed by atoms with Crippen LogP contribution >= 0.6 is 0 Å². The molecule has 10 aromatic rings. The lowest BCUT2D eigenvalue weighted by molar-refractivity contribution is 1.08. The molecule has 3 nitrogen and oxygen atoms in total. The second-order valence-electron chi connectivity index (χ2n) is 12.8. The quantitative estimate of drug-likeness (QED) is 0.171. The molecule has 0 bridgehead atoms. The Bertz CT molecular complexity index is 3360. The summed E-state index contributed by atoms with van der Waals surface area (Å²) in [6.45, 7) is 0. The fraction of sp³-hybridized carbons (Fsp3) is 0. The zero-order valence-corrected chi connectivity index (χ0v) is 27.7. The fourth-order valence-electron chi connectivity index (χ4n) is 6.95. The molecule has 0 aliphatic carbocycles. The molecular formula is C49H31N3. The van der Waals surface area contributed by atoms with Crippen LogP contribution in [-0.4, -0.2) is 15.0 Å². The number of aromatic nitrogens is 3. The molecule has 0 fully saturated rings. The van der Waals surface area contributed by atoms with Gasteiger partial charge in [-0.1, -0.05) is 164 Å². The maximum Gasteiger partial charge on any atom is 0.164 e. The van der Waals surface area contributed by atoms with Crippen LogP contribution in [-0.2, 0) is 0 Å². The van der Waals surface area contributed by atoms with Crippen LogP contribution in [0, 0.1) is 0 Å². The molecule has 1 heterocycles. The van der Waals surface area contributed by atoms with Crippen LogP contribution < -0.4 is 0 Å². The highest BCUT2D eigenvalue weighted by Crippen LogP contribution is 2.34. The third-order valence-electron chi connectivity index (χ3n) is 9.58. The zero-order chi connectivity index (χ0) is 40.5. The summed E-state index contributed by atoms with van der Waals surface area (Å²) in [4.78, 5) is 14.8. The lowest BCUT2D eigenvalue weighted by Crippen LogP contribution is -2.00. The topological polar surface area (TPSA) is 38.7 Å². The van der Waals surface area contributed by atoms with E-state index < -0.39 is 42.3 Å². The van der Waals surface area contributed by atoms with E-state index in [0.717, 1.165) is 54.6 Å². The largest absolute Gasteiger partial charge is 0.208 e. The van der Waals surface area contributed by atoms with Gasteiger partial charge in [0.2, 0.25) is 0 Å². The minimum Gasteiger partial charge on any atom is -0.208 e. The van der Waals surface area contributed by atoms with E-state index in [1.807, 2.05) is 78.9 Å². The molecule has 0 radical (unpaired) electrons. The number of benzene rings is 9. The van der Waals surface area contributed by atoms with Crippen LogP contribution in [0.4, 0.5) is 0 Å². The number of hydrogen-bond donors (Lipinski definition) is 0. The first-order valence-electron chi connectivity index (χ1n) is 20.5. The Hall–Kier alpha value is -6.97.